The molecule has 2 aromatic heterocycles. The van der Waals surface area contributed by atoms with E-state index >= 15 is 0 Å². The fourth-order valence-corrected chi connectivity index (χ4v) is 19.7. The van der Waals surface area contributed by atoms with Gasteiger partial charge in [-0.1, -0.05) is 357 Å². The van der Waals surface area contributed by atoms with Gasteiger partial charge in [0.2, 0.25) is 0 Å². The zero-order valence-corrected chi connectivity index (χ0v) is 69.6. The molecule has 4 nitrogen and oxygen atoms in total. The van der Waals surface area contributed by atoms with Crippen LogP contribution < -0.4 is 26.2 Å². The van der Waals surface area contributed by atoms with Gasteiger partial charge in [-0.05, 0) is 226 Å². The van der Waals surface area contributed by atoms with Crippen molar-refractivity contribution >= 4 is 101 Å². The second-order valence-electron chi connectivity index (χ2n) is 35.3. The van der Waals surface area contributed by atoms with E-state index in [1.54, 1.807) is 0 Å². The molecule has 4 heterocycles. The molecule has 0 spiro atoms. The monoisotopic (exact) mass is 1560 g/mol. The van der Waals surface area contributed by atoms with E-state index in [9.17, 15) is 0 Å². The van der Waals surface area contributed by atoms with Crippen molar-refractivity contribution in [3.8, 4) is 112 Å². The molecule has 122 heavy (non-hydrogen) atoms. The highest BCUT2D eigenvalue weighted by Gasteiger charge is 2.46. The van der Waals surface area contributed by atoms with Crippen LogP contribution in [0.2, 0.25) is 0 Å². The zero-order valence-electron chi connectivity index (χ0n) is 69.6. The van der Waals surface area contributed by atoms with Gasteiger partial charge in [0.25, 0.3) is 6.71 Å². The van der Waals surface area contributed by atoms with E-state index in [2.05, 4.69) is 480 Å². The number of anilines is 6. The van der Waals surface area contributed by atoms with Crippen molar-refractivity contribution < 1.29 is 0 Å². The molecule has 580 valence electrons. The summed E-state index contributed by atoms with van der Waals surface area (Å²) in [6, 6.07) is 156. The van der Waals surface area contributed by atoms with Crippen molar-refractivity contribution in [1.29, 1.82) is 0 Å². The van der Waals surface area contributed by atoms with Crippen LogP contribution in [-0.2, 0) is 10.8 Å². The molecule has 0 radical (unpaired) electrons. The molecule has 20 aromatic rings. The van der Waals surface area contributed by atoms with E-state index in [1.165, 1.54) is 71.3 Å². The third-order valence-corrected chi connectivity index (χ3v) is 25.6. The standard InChI is InChI=1S/C117H89BN4/c1-76-63-101(80-39-18-11-19-40-80)115(102(64-76)88-48-31-46-86(68-88)84-44-29-42-82(66-84)78-35-14-9-15-36-78)122-110-75-94(120-107-57-26-22-51-99(107)100-52-23-27-58-108(100)120)60-62-104(110)118-103-61-59-93(119-105-55-24-20-49-97(105)98-50-21-25-56-106(98)119)74-109(103)121(111-71-90(72-112(122)113(111)118)89-69-91(116(2,3)4)73-92(70-89)117(5,6)7)114-95(79-37-16-10-17-38-79)53-32-54-96(114)87-47-30-45-85(67-87)83-43-28-41-81(65-83)77-33-12-8-13-34-77/h8-75H,1-7H3. The van der Waals surface area contributed by atoms with Crippen molar-refractivity contribution in [3.05, 3.63) is 429 Å². The summed E-state index contributed by atoms with van der Waals surface area (Å²) in [5.74, 6) is 0. The van der Waals surface area contributed by atoms with Crippen LogP contribution in [0.3, 0.4) is 0 Å². The van der Waals surface area contributed by atoms with Crippen LogP contribution in [0.4, 0.5) is 34.1 Å². The van der Waals surface area contributed by atoms with E-state index in [0.29, 0.717) is 0 Å². The van der Waals surface area contributed by atoms with Crippen molar-refractivity contribution in [3.63, 3.8) is 0 Å². The normalized spacial score (nSPS) is 12.5. The first-order chi connectivity index (χ1) is 59.7. The Morgan fingerprint density at radius 1 is 0.213 bits per heavy atom. The summed E-state index contributed by atoms with van der Waals surface area (Å²) in [7, 11) is 0. The Kier molecular flexibility index (Phi) is 17.7. The highest BCUT2D eigenvalue weighted by atomic mass is 15.2. The van der Waals surface area contributed by atoms with E-state index in [1.807, 2.05) is 0 Å². The summed E-state index contributed by atoms with van der Waals surface area (Å²) in [5, 5.41) is 4.85. The zero-order chi connectivity index (χ0) is 82.1. The number of hydrogen-bond donors (Lipinski definition) is 0. The predicted molar refractivity (Wildman–Crippen MR) is 520 cm³/mol. The maximum Gasteiger partial charge on any atom is 0.252 e. The van der Waals surface area contributed by atoms with Crippen LogP contribution in [0.15, 0.2) is 413 Å². The lowest BCUT2D eigenvalue weighted by Crippen LogP contribution is -2.61. The van der Waals surface area contributed by atoms with Gasteiger partial charge in [0.05, 0.1) is 33.4 Å². The number of para-hydroxylation sites is 5. The molecule has 0 aliphatic carbocycles. The molecule has 5 heteroatoms. The molecular formula is C117H89BN4. The predicted octanol–water partition coefficient (Wildman–Crippen LogP) is 29.9. The highest BCUT2D eigenvalue weighted by Crippen LogP contribution is 2.56. The maximum absolute atomic E-state index is 2.75. The molecular weight excluding hydrogens is 1470 g/mol. The molecule has 0 unspecified atom stereocenters. The SMILES string of the molecule is Cc1cc(-c2ccccc2)c(N2c3cc(-n4c5ccccc5c5ccccc54)ccc3B3c4ccc(-n5c6ccccc6c6ccccc65)cc4N(c4c(-c5ccccc5)cccc4-c4cccc(-c5cccc(-c6ccccc6)c5)c4)c4cc(-c5cc(C(C)(C)C)cc(C(C)(C)C)c5)cc2c43)c(-c2cccc(-c3cccc(-c4ccccc4)c3)c2)c1. The minimum absolute atomic E-state index is 0.203. The average Bonchev–Trinajstić information content (AvgIpc) is 0.811. The van der Waals surface area contributed by atoms with Crippen LogP contribution in [0.5, 0.6) is 0 Å². The molecule has 0 atom stereocenters. The second kappa shape index (κ2) is 29.3. The first kappa shape index (κ1) is 73.6. The number of nitrogens with zero attached hydrogens (tertiary/aromatic N) is 4. The molecule has 0 amide bonds. The summed E-state index contributed by atoms with van der Waals surface area (Å²) in [6.45, 7) is 16.2. The number of benzene rings is 18. The van der Waals surface area contributed by atoms with Crippen LogP contribution in [-0.4, -0.2) is 15.8 Å². The fourth-order valence-electron chi connectivity index (χ4n) is 19.7. The van der Waals surface area contributed by atoms with Gasteiger partial charge in [-0.25, -0.2) is 0 Å². The van der Waals surface area contributed by atoms with Crippen molar-refractivity contribution in [2.45, 2.75) is 59.3 Å². The van der Waals surface area contributed by atoms with Gasteiger partial charge in [0, 0.05) is 77.9 Å². The first-order valence-corrected chi connectivity index (χ1v) is 42.8. The Morgan fingerprint density at radius 2 is 0.508 bits per heavy atom. The van der Waals surface area contributed by atoms with Crippen LogP contribution in [0, 0.1) is 6.92 Å². The number of hydrogen-bond acceptors (Lipinski definition) is 2. The van der Waals surface area contributed by atoms with Gasteiger partial charge in [0.1, 0.15) is 0 Å². The maximum atomic E-state index is 2.75. The Labute approximate surface area is 714 Å². The first-order valence-electron chi connectivity index (χ1n) is 42.8. The molecule has 0 bridgehead atoms. The molecule has 0 N–H and O–H groups in total. The summed E-state index contributed by atoms with van der Waals surface area (Å²) in [5.41, 5.74) is 40.8. The summed E-state index contributed by atoms with van der Waals surface area (Å²) >= 11 is 0. The highest BCUT2D eigenvalue weighted by molar-refractivity contribution is 7.00. The van der Waals surface area contributed by atoms with E-state index in [-0.39, 0.29) is 17.5 Å². The molecule has 18 aromatic carbocycles. The number of fused-ring (bicyclic) bond motifs is 10. The van der Waals surface area contributed by atoms with Gasteiger partial charge in [-0.15, -0.1) is 0 Å². The van der Waals surface area contributed by atoms with Crippen LogP contribution in [0.1, 0.15) is 58.2 Å². The third kappa shape index (κ3) is 12.6. The topological polar surface area (TPSA) is 16.3 Å². The van der Waals surface area contributed by atoms with Crippen molar-refractivity contribution in [2.24, 2.45) is 0 Å². The van der Waals surface area contributed by atoms with Gasteiger partial charge >= 0.3 is 0 Å². The van der Waals surface area contributed by atoms with Crippen LogP contribution >= 0.6 is 0 Å². The molecule has 0 fully saturated rings. The second-order valence-corrected chi connectivity index (χ2v) is 35.3. The van der Waals surface area contributed by atoms with Gasteiger partial charge < -0.3 is 18.9 Å². The smallest absolute Gasteiger partial charge is 0.252 e. The Balaban J connectivity index is 0.902. The van der Waals surface area contributed by atoms with Gasteiger partial charge in [0.15, 0.2) is 0 Å². The lowest BCUT2D eigenvalue weighted by molar-refractivity contribution is 0.569. The summed E-state index contributed by atoms with van der Waals surface area (Å²) in [4.78, 5) is 5.48. The molecule has 2 aliphatic heterocycles. The Hall–Kier alpha value is -14.8. The molecule has 2 aliphatic rings. The molecule has 0 saturated carbocycles. The largest absolute Gasteiger partial charge is 0.310 e. The number of rotatable bonds is 13. The van der Waals surface area contributed by atoms with Gasteiger partial charge in [-0.3, -0.25) is 0 Å². The minimum atomic E-state index is -0.321. The number of aryl methyl sites for hydroxylation is 1. The average molecular weight is 1560 g/mol. The quantitative estimate of drug-likeness (QED) is 0.107. The fraction of sp³-hybridized carbons (Fsp3) is 0.0769. The van der Waals surface area contributed by atoms with Gasteiger partial charge in [-0.2, -0.15) is 0 Å². The Bertz CT molecular complexity index is 7410. The minimum Gasteiger partial charge on any atom is -0.310 e. The summed E-state index contributed by atoms with van der Waals surface area (Å²) < 4.78 is 5.02. The third-order valence-electron chi connectivity index (χ3n) is 25.6. The molecule has 0 saturated heterocycles. The van der Waals surface area contributed by atoms with Crippen molar-refractivity contribution in [2.75, 3.05) is 9.80 Å². The lowest BCUT2D eigenvalue weighted by atomic mass is 9.33. The van der Waals surface area contributed by atoms with E-state index in [0.717, 1.165) is 151 Å². The summed E-state index contributed by atoms with van der Waals surface area (Å²) in [6.07, 6.45) is 0. The van der Waals surface area contributed by atoms with E-state index < -0.39 is 0 Å². The van der Waals surface area contributed by atoms with E-state index in [4.69, 9.17) is 0 Å². The molecule has 22 rings (SSSR count). The van der Waals surface area contributed by atoms with Crippen LogP contribution in [0.25, 0.3) is 155 Å². The number of aromatic nitrogens is 2. The Morgan fingerprint density at radius 3 is 0.910 bits per heavy atom. The van der Waals surface area contributed by atoms with Crippen molar-refractivity contribution in [1.82, 2.24) is 9.13 Å². The lowest BCUT2D eigenvalue weighted by Gasteiger charge is -2.46.